The molecule has 0 fully saturated rings. The molecule has 0 spiro atoms. The fraction of sp³-hybridized carbons (Fsp3) is 0.211. The van der Waals surface area contributed by atoms with Crippen molar-refractivity contribution in [2.75, 3.05) is 14.2 Å². The van der Waals surface area contributed by atoms with Crippen molar-refractivity contribution in [1.82, 2.24) is 14.9 Å². The minimum Gasteiger partial charge on any atom is -0.493 e. The average molecular weight is 422 g/mol. The summed E-state index contributed by atoms with van der Waals surface area (Å²) in [7, 11) is 3.09. The van der Waals surface area contributed by atoms with Crippen molar-refractivity contribution in [3.63, 3.8) is 0 Å². The van der Waals surface area contributed by atoms with Gasteiger partial charge in [-0.1, -0.05) is 29.3 Å². The second-order valence-corrected chi connectivity index (χ2v) is 6.77. The van der Waals surface area contributed by atoms with Crippen molar-refractivity contribution in [2.24, 2.45) is 0 Å². The van der Waals surface area contributed by atoms with Gasteiger partial charge in [-0.2, -0.15) is 0 Å². The summed E-state index contributed by atoms with van der Waals surface area (Å²) in [5.41, 5.74) is 0.780. The summed E-state index contributed by atoms with van der Waals surface area (Å²) in [6.07, 6.45) is 1.29. The number of aromatic nitrogens is 2. The van der Waals surface area contributed by atoms with Crippen molar-refractivity contribution in [1.29, 1.82) is 0 Å². The summed E-state index contributed by atoms with van der Waals surface area (Å²) < 4.78 is 11.6. The topological polar surface area (TPSA) is 82.5 Å². The third-order valence-electron chi connectivity index (χ3n) is 4.10. The van der Waals surface area contributed by atoms with Crippen LogP contribution in [0.2, 0.25) is 10.0 Å². The molecule has 0 saturated carbocycles. The molecule has 1 aromatic heterocycles. The van der Waals surface area contributed by atoms with Gasteiger partial charge in [-0.3, -0.25) is 14.2 Å². The minimum atomic E-state index is -0.393. The standard InChI is InChI=1S/C19H17Cl2N3O4/c1-27-15-4-3-11(5-16(15)28-2)8-22-17(25)9-24-10-23-18-13(19(24)26)6-12(20)7-14(18)21/h3-7,10H,8-9H2,1-2H3,(H,22,25). The van der Waals surface area contributed by atoms with Crippen LogP contribution in [0.4, 0.5) is 0 Å². The summed E-state index contributed by atoms with van der Waals surface area (Å²) in [6, 6.07) is 8.34. The van der Waals surface area contributed by atoms with E-state index in [0.717, 1.165) is 5.56 Å². The van der Waals surface area contributed by atoms with E-state index >= 15 is 0 Å². The quantitative estimate of drug-likeness (QED) is 0.661. The SMILES string of the molecule is COc1ccc(CNC(=O)Cn2cnc3c(Cl)cc(Cl)cc3c2=O)cc1OC. The molecule has 0 atom stereocenters. The molecule has 7 nitrogen and oxygen atoms in total. The second-order valence-electron chi connectivity index (χ2n) is 5.93. The molecule has 0 radical (unpaired) electrons. The van der Waals surface area contributed by atoms with Gasteiger partial charge in [0.1, 0.15) is 6.54 Å². The largest absolute Gasteiger partial charge is 0.493 e. The Hall–Kier alpha value is -2.77. The number of rotatable bonds is 6. The highest BCUT2D eigenvalue weighted by Gasteiger charge is 2.12. The minimum absolute atomic E-state index is 0.181. The van der Waals surface area contributed by atoms with Gasteiger partial charge in [0.15, 0.2) is 11.5 Å². The van der Waals surface area contributed by atoms with Gasteiger partial charge in [-0.05, 0) is 29.8 Å². The number of ether oxygens (including phenoxy) is 2. The van der Waals surface area contributed by atoms with Crippen LogP contribution in [0, 0.1) is 0 Å². The van der Waals surface area contributed by atoms with E-state index in [9.17, 15) is 9.59 Å². The van der Waals surface area contributed by atoms with Crippen LogP contribution in [0.5, 0.6) is 11.5 Å². The maximum Gasteiger partial charge on any atom is 0.261 e. The Morgan fingerprint density at radius 2 is 1.89 bits per heavy atom. The van der Waals surface area contributed by atoms with E-state index in [0.29, 0.717) is 22.0 Å². The summed E-state index contributed by atoms with van der Waals surface area (Å²) in [4.78, 5) is 29.0. The molecule has 0 aliphatic carbocycles. The Labute approximate surface area is 170 Å². The Bertz CT molecular complexity index is 1100. The highest BCUT2D eigenvalue weighted by Crippen LogP contribution is 2.27. The van der Waals surface area contributed by atoms with E-state index in [1.54, 1.807) is 19.2 Å². The number of halogens is 2. The first-order valence-corrected chi connectivity index (χ1v) is 9.00. The predicted octanol–water partition coefficient (Wildman–Crippen LogP) is 3.04. The summed E-state index contributed by atoms with van der Waals surface area (Å²) >= 11 is 12.0. The highest BCUT2D eigenvalue weighted by atomic mass is 35.5. The number of nitrogens with one attached hydrogen (secondary N) is 1. The van der Waals surface area contributed by atoms with E-state index in [2.05, 4.69) is 10.3 Å². The molecule has 28 heavy (non-hydrogen) atoms. The van der Waals surface area contributed by atoms with Crippen molar-refractivity contribution >= 4 is 40.0 Å². The monoisotopic (exact) mass is 421 g/mol. The maximum atomic E-state index is 12.6. The van der Waals surface area contributed by atoms with E-state index in [4.69, 9.17) is 32.7 Å². The van der Waals surface area contributed by atoms with Crippen molar-refractivity contribution in [2.45, 2.75) is 13.1 Å². The van der Waals surface area contributed by atoms with Gasteiger partial charge >= 0.3 is 0 Å². The third kappa shape index (κ3) is 4.21. The van der Waals surface area contributed by atoms with Crippen LogP contribution >= 0.6 is 23.2 Å². The zero-order valence-electron chi connectivity index (χ0n) is 15.2. The normalized spacial score (nSPS) is 10.7. The molecule has 0 aliphatic heterocycles. The molecule has 1 N–H and O–H groups in total. The molecular formula is C19H17Cl2N3O4. The smallest absolute Gasteiger partial charge is 0.261 e. The van der Waals surface area contributed by atoms with E-state index in [-0.39, 0.29) is 29.4 Å². The molecule has 0 saturated heterocycles. The van der Waals surface area contributed by atoms with Crippen molar-refractivity contribution < 1.29 is 14.3 Å². The average Bonchev–Trinajstić information content (AvgIpc) is 2.68. The van der Waals surface area contributed by atoms with Gasteiger partial charge in [-0.15, -0.1) is 0 Å². The molecule has 0 unspecified atom stereocenters. The summed E-state index contributed by atoms with van der Waals surface area (Å²) in [5, 5.41) is 3.62. The van der Waals surface area contributed by atoms with Gasteiger partial charge in [0.05, 0.1) is 36.5 Å². The van der Waals surface area contributed by atoms with Gasteiger partial charge in [0.25, 0.3) is 5.56 Å². The lowest BCUT2D eigenvalue weighted by Crippen LogP contribution is -2.32. The Morgan fingerprint density at radius 1 is 1.14 bits per heavy atom. The van der Waals surface area contributed by atoms with Crippen molar-refractivity contribution in [3.05, 3.63) is 62.6 Å². The summed E-state index contributed by atoms with van der Waals surface area (Å²) in [6.45, 7) is 0.0891. The lowest BCUT2D eigenvalue weighted by molar-refractivity contribution is -0.121. The van der Waals surface area contributed by atoms with Gasteiger partial charge < -0.3 is 14.8 Å². The van der Waals surface area contributed by atoms with E-state index in [1.807, 2.05) is 6.07 Å². The number of hydrogen-bond donors (Lipinski definition) is 1. The number of amides is 1. The molecule has 146 valence electrons. The highest BCUT2D eigenvalue weighted by molar-refractivity contribution is 6.38. The molecular weight excluding hydrogens is 405 g/mol. The fourth-order valence-corrected chi connectivity index (χ4v) is 3.25. The number of carbonyl (C=O) groups excluding carboxylic acids is 1. The zero-order valence-corrected chi connectivity index (χ0v) is 16.7. The molecule has 3 aromatic rings. The van der Waals surface area contributed by atoms with Gasteiger partial charge in [0, 0.05) is 11.6 Å². The van der Waals surface area contributed by atoms with Crippen molar-refractivity contribution in [3.8, 4) is 11.5 Å². The lowest BCUT2D eigenvalue weighted by Gasteiger charge is -2.11. The number of carbonyl (C=O) groups is 1. The van der Waals surface area contributed by atoms with Crippen LogP contribution in [0.1, 0.15) is 5.56 Å². The zero-order chi connectivity index (χ0) is 20.3. The van der Waals surface area contributed by atoms with Gasteiger partial charge in [0.2, 0.25) is 5.91 Å². The van der Waals surface area contributed by atoms with Crippen LogP contribution in [0.25, 0.3) is 10.9 Å². The third-order valence-corrected chi connectivity index (χ3v) is 4.60. The van der Waals surface area contributed by atoms with Crippen LogP contribution < -0.4 is 20.3 Å². The molecule has 3 rings (SSSR count). The molecule has 2 aromatic carbocycles. The Kier molecular flexibility index (Phi) is 6.06. The van der Waals surface area contributed by atoms with Crippen LogP contribution in [-0.2, 0) is 17.9 Å². The van der Waals surface area contributed by atoms with E-state index in [1.165, 1.54) is 30.1 Å². The van der Waals surface area contributed by atoms with Crippen LogP contribution in [0.3, 0.4) is 0 Å². The number of nitrogens with zero attached hydrogens (tertiary/aromatic N) is 2. The van der Waals surface area contributed by atoms with Gasteiger partial charge in [-0.25, -0.2) is 4.98 Å². The Balaban J connectivity index is 1.73. The predicted molar refractivity (Wildman–Crippen MR) is 107 cm³/mol. The summed E-state index contributed by atoms with van der Waals surface area (Å²) in [5.74, 6) is 0.827. The number of benzene rings is 2. The maximum absolute atomic E-state index is 12.6. The molecule has 0 aliphatic rings. The van der Waals surface area contributed by atoms with E-state index < -0.39 is 5.56 Å². The number of hydrogen-bond acceptors (Lipinski definition) is 5. The lowest BCUT2D eigenvalue weighted by atomic mass is 10.2. The van der Waals surface area contributed by atoms with Crippen LogP contribution in [0.15, 0.2) is 41.5 Å². The first-order chi connectivity index (χ1) is 13.4. The number of methoxy groups -OCH3 is 2. The number of fused-ring (bicyclic) bond motifs is 1. The fourth-order valence-electron chi connectivity index (χ4n) is 2.71. The molecule has 9 heteroatoms. The molecule has 0 bridgehead atoms. The second kappa shape index (κ2) is 8.50. The molecule has 1 amide bonds. The molecule has 1 heterocycles. The Morgan fingerprint density at radius 3 is 2.61 bits per heavy atom. The van der Waals surface area contributed by atoms with Crippen LogP contribution in [-0.4, -0.2) is 29.7 Å². The first-order valence-electron chi connectivity index (χ1n) is 8.24. The first kappa shape index (κ1) is 20.0.